The normalized spacial score (nSPS) is 12.1. The van der Waals surface area contributed by atoms with Gasteiger partial charge in [0, 0.05) is 23.6 Å². The number of benzene rings is 1. The van der Waals surface area contributed by atoms with Gasteiger partial charge in [0.2, 0.25) is 0 Å². The van der Waals surface area contributed by atoms with Crippen molar-refractivity contribution < 1.29 is 14.1 Å². The van der Waals surface area contributed by atoms with Crippen LogP contribution in [0.1, 0.15) is 30.6 Å². The van der Waals surface area contributed by atoms with Crippen LogP contribution >= 0.6 is 0 Å². The molecule has 0 unspecified atom stereocenters. The highest BCUT2D eigenvalue weighted by Crippen LogP contribution is 2.20. The minimum absolute atomic E-state index is 0.0855. The Balaban J connectivity index is 2.49. The number of nitro groups is 1. The molecule has 0 bridgehead atoms. The van der Waals surface area contributed by atoms with Crippen molar-refractivity contribution in [2.45, 2.75) is 26.3 Å². The van der Waals surface area contributed by atoms with Crippen LogP contribution in [-0.2, 0) is 0 Å². The summed E-state index contributed by atoms with van der Waals surface area (Å²) in [5, 5.41) is 13.7. The molecule has 1 N–H and O–H groups in total. The number of amides is 1. The van der Waals surface area contributed by atoms with Crippen molar-refractivity contribution in [2.24, 2.45) is 0 Å². The molecule has 110 valence electrons. The first-order chi connectivity index (χ1) is 9.92. The topological polar surface area (TPSA) is 102 Å². The van der Waals surface area contributed by atoms with Crippen molar-refractivity contribution >= 4 is 22.6 Å². The summed E-state index contributed by atoms with van der Waals surface area (Å²) < 4.78 is 5.02. The third kappa shape index (κ3) is 3.07. The highest BCUT2D eigenvalue weighted by atomic mass is 16.6. The second kappa shape index (κ2) is 5.74. The first kappa shape index (κ1) is 14.7. The lowest BCUT2D eigenvalue weighted by Gasteiger charge is -2.10. The van der Waals surface area contributed by atoms with Crippen molar-refractivity contribution in [2.75, 3.05) is 0 Å². The summed E-state index contributed by atoms with van der Waals surface area (Å²) in [7, 11) is 0. The fourth-order valence-electron chi connectivity index (χ4n) is 1.79. The average molecular weight is 290 g/mol. The Morgan fingerprint density at radius 2 is 2.14 bits per heavy atom. The molecule has 1 atom stereocenters. The van der Waals surface area contributed by atoms with Crippen molar-refractivity contribution in [3.63, 3.8) is 0 Å². The zero-order valence-corrected chi connectivity index (χ0v) is 11.6. The maximum atomic E-state index is 12.0. The molecule has 0 saturated heterocycles. The molecule has 7 nitrogen and oxygen atoms in total. The number of carbonyl (C=O) groups excluding carboxylic acids is 1. The van der Waals surface area contributed by atoms with E-state index in [4.69, 9.17) is 4.42 Å². The number of non-ortho nitro benzene ring substituents is 1. The Hall–Kier alpha value is -2.70. The van der Waals surface area contributed by atoms with Crippen molar-refractivity contribution in [3.8, 4) is 0 Å². The zero-order chi connectivity index (χ0) is 15.6. The highest BCUT2D eigenvalue weighted by molar-refractivity contribution is 5.97. The first-order valence-electron chi connectivity index (χ1n) is 6.45. The van der Waals surface area contributed by atoms with E-state index < -0.39 is 16.5 Å². The summed E-state index contributed by atoms with van der Waals surface area (Å²) in [4.78, 5) is 34.0. The molecule has 1 aromatic carbocycles. The highest BCUT2D eigenvalue weighted by Gasteiger charge is 2.16. The summed E-state index contributed by atoms with van der Waals surface area (Å²) in [6.45, 7) is 3.71. The van der Waals surface area contributed by atoms with E-state index in [9.17, 15) is 19.7 Å². The van der Waals surface area contributed by atoms with E-state index in [2.05, 4.69) is 5.32 Å². The molecule has 1 heterocycles. The fraction of sp³-hybridized carbons (Fsp3) is 0.286. The number of carbonyl (C=O) groups is 1. The third-order valence-corrected chi connectivity index (χ3v) is 3.16. The molecular weight excluding hydrogens is 276 g/mol. The maximum absolute atomic E-state index is 12.0. The van der Waals surface area contributed by atoms with Gasteiger partial charge in [-0.25, -0.2) is 4.79 Å². The minimum Gasteiger partial charge on any atom is -0.422 e. The van der Waals surface area contributed by atoms with E-state index in [0.717, 1.165) is 6.42 Å². The molecule has 2 rings (SSSR count). The Bertz CT molecular complexity index is 766. The van der Waals surface area contributed by atoms with Gasteiger partial charge < -0.3 is 9.73 Å². The van der Waals surface area contributed by atoms with E-state index in [0.29, 0.717) is 5.39 Å². The van der Waals surface area contributed by atoms with Gasteiger partial charge in [-0.1, -0.05) is 6.92 Å². The second-order valence-corrected chi connectivity index (χ2v) is 4.71. The minimum atomic E-state index is -0.767. The largest absolute Gasteiger partial charge is 0.422 e. The van der Waals surface area contributed by atoms with Gasteiger partial charge in [0.25, 0.3) is 11.6 Å². The van der Waals surface area contributed by atoms with E-state index >= 15 is 0 Å². The number of hydrogen-bond acceptors (Lipinski definition) is 5. The molecule has 1 aromatic heterocycles. The van der Waals surface area contributed by atoms with E-state index in [1.807, 2.05) is 13.8 Å². The summed E-state index contributed by atoms with van der Waals surface area (Å²) >= 11 is 0. The first-order valence-corrected chi connectivity index (χ1v) is 6.45. The van der Waals surface area contributed by atoms with Gasteiger partial charge in [0.15, 0.2) is 0 Å². The van der Waals surface area contributed by atoms with Crippen LogP contribution in [0.15, 0.2) is 33.5 Å². The zero-order valence-electron chi connectivity index (χ0n) is 11.6. The lowest BCUT2D eigenvalue weighted by molar-refractivity contribution is -0.384. The van der Waals surface area contributed by atoms with Crippen LogP contribution in [0.5, 0.6) is 0 Å². The van der Waals surface area contributed by atoms with Crippen LogP contribution in [0, 0.1) is 10.1 Å². The number of nitro benzene ring substituents is 1. The van der Waals surface area contributed by atoms with Gasteiger partial charge in [-0.15, -0.1) is 0 Å². The van der Waals surface area contributed by atoms with E-state index in [1.54, 1.807) is 0 Å². The third-order valence-electron chi connectivity index (χ3n) is 3.16. The molecule has 0 fully saturated rings. The number of nitrogens with one attached hydrogen (secondary N) is 1. The molecule has 0 radical (unpaired) electrons. The monoisotopic (exact) mass is 290 g/mol. The maximum Gasteiger partial charge on any atom is 0.349 e. The van der Waals surface area contributed by atoms with Gasteiger partial charge in [0.05, 0.1) is 4.92 Å². The Labute approximate surface area is 119 Å². The molecule has 7 heteroatoms. The summed E-state index contributed by atoms with van der Waals surface area (Å²) in [6.07, 6.45) is 0.718. The standard InChI is InChI=1S/C14H14N2O5/c1-3-8(2)15-13(17)11-7-9-6-10(16(19)20)4-5-12(9)21-14(11)18/h4-8H,3H2,1-2H3,(H,15,17)/t8-/m0/s1. The lowest BCUT2D eigenvalue weighted by atomic mass is 10.1. The Kier molecular flexibility index (Phi) is 4.02. The van der Waals surface area contributed by atoms with Crippen molar-refractivity contribution in [1.82, 2.24) is 5.32 Å². The van der Waals surface area contributed by atoms with Gasteiger partial charge in [-0.2, -0.15) is 0 Å². The fourth-order valence-corrected chi connectivity index (χ4v) is 1.79. The molecule has 0 aliphatic carbocycles. The predicted octanol–water partition coefficient (Wildman–Crippen LogP) is 2.23. The smallest absolute Gasteiger partial charge is 0.349 e. The van der Waals surface area contributed by atoms with E-state index in [1.165, 1.54) is 24.3 Å². The van der Waals surface area contributed by atoms with Gasteiger partial charge in [0.1, 0.15) is 11.1 Å². The molecule has 0 saturated carbocycles. The van der Waals surface area contributed by atoms with Crippen LogP contribution in [-0.4, -0.2) is 16.9 Å². The lowest BCUT2D eigenvalue weighted by Crippen LogP contribution is -2.34. The van der Waals surface area contributed by atoms with Crippen LogP contribution in [0.3, 0.4) is 0 Å². The summed E-state index contributed by atoms with van der Waals surface area (Å²) in [5.41, 5.74) is -0.865. The molecule has 1 amide bonds. The van der Waals surface area contributed by atoms with Gasteiger partial charge in [-0.3, -0.25) is 14.9 Å². The van der Waals surface area contributed by atoms with Gasteiger partial charge in [-0.05, 0) is 25.5 Å². The molecule has 0 spiro atoms. The summed E-state index contributed by atoms with van der Waals surface area (Å²) in [6, 6.07) is 5.07. The molecule has 0 aliphatic rings. The van der Waals surface area contributed by atoms with Crippen LogP contribution in [0.2, 0.25) is 0 Å². The Morgan fingerprint density at radius 1 is 1.43 bits per heavy atom. The average Bonchev–Trinajstić information content (AvgIpc) is 2.45. The summed E-state index contributed by atoms with van der Waals surface area (Å²) in [5.74, 6) is -0.550. The number of nitrogens with zero attached hydrogens (tertiary/aromatic N) is 1. The Morgan fingerprint density at radius 3 is 2.76 bits per heavy atom. The number of rotatable bonds is 4. The van der Waals surface area contributed by atoms with Crippen LogP contribution < -0.4 is 10.9 Å². The quantitative estimate of drug-likeness (QED) is 0.528. The van der Waals surface area contributed by atoms with Crippen molar-refractivity contribution in [3.05, 3.63) is 50.4 Å². The van der Waals surface area contributed by atoms with Crippen molar-refractivity contribution in [1.29, 1.82) is 0 Å². The van der Waals surface area contributed by atoms with Gasteiger partial charge >= 0.3 is 5.63 Å². The molecular formula is C14H14N2O5. The number of fused-ring (bicyclic) bond motifs is 1. The van der Waals surface area contributed by atoms with Crippen LogP contribution in [0.25, 0.3) is 11.0 Å². The molecule has 0 aliphatic heterocycles. The molecule has 2 aromatic rings. The molecule has 21 heavy (non-hydrogen) atoms. The predicted molar refractivity (Wildman–Crippen MR) is 76.4 cm³/mol. The number of hydrogen-bond donors (Lipinski definition) is 1. The SMILES string of the molecule is CC[C@H](C)NC(=O)c1cc2cc([N+](=O)[O-])ccc2oc1=O. The van der Waals surface area contributed by atoms with E-state index in [-0.39, 0.29) is 22.9 Å². The second-order valence-electron chi connectivity index (χ2n) is 4.71. The van der Waals surface area contributed by atoms with Crippen LogP contribution in [0.4, 0.5) is 5.69 Å².